The number of esters is 1. The van der Waals surface area contributed by atoms with Crippen molar-refractivity contribution < 1.29 is 33.8 Å². The van der Waals surface area contributed by atoms with Crippen LogP contribution in [-0.4, -0.2) is 71.7 Å². The quantitative estimate of drug-likeness (QED) is 0.366. The largest absolute Gasteiger partial charge is 0.508 e. The van der Waals surface area contributed by atoms with Crippen molar-refractivity contribution in [1.82, 2.24) is 21.1 Å². The minimum Gasteiger partial charge on any atom is -0.508 e. The Kier molecular flexibility index (Phi) is 12.6. The fourth-order valence-electron chi connectivity index (χ4n) is 5.96. The van der Waals surface area contributed by atoms with Gasteiger partial charge in [-0.05, 0) is 73.4 Å². The first-order valence-electron chi connectivity index (χ1n) is 16.4. The van der Waals surface area contributed by atoms with Crippen LogP contribution in [0.2, 0.25) is 0 Å². The number of nitrogens with zero attached hydrogens (tertiary/aromatic N) is 1. The highest BCUT2D eigenvalue weighted by Gasteiger charge is 2.36. The molecular formula is C36H48N4O7. The first-order chi connectivity index (χ1) is 22.5. The van der Waals surface area contributed by atoms with E-state index in [1.54, 1.807) is 26.2 Å². The first-order valence-corrected chi connectivity index (χ1v) is 16.4. The Balaban J connectivity index is 1.66. The molecule has 2 aromatic rings. The summed E-state index contributed by atoms with van der Waals surface area (Å²) in [5.74, 6) is -2.57. The number of nitrogens with one attached hydrogen (secondary N) is 3. The van der Waals surface area contributed by atoms with E-state index in [9.17, 15) is 24.3 Å². The van der Waals surface area contributed by atoms with Gasteiger partial charge in [0.2, 0.25) is 11.8 Å². The minimum atomic E-state index is -1.06. The van der Waals surface area contributed by atoms with Gasteiger partial charge in [-0.15, -0.1) is 0 Å². The van der Waals surface area contributed by atoms with Crippen LogP contribution in [0.1, 0.15) is 76.2 Å². The third-order valence-electron chi connectivity index (χ3n) is 8.82. The molecule has 4 rings (SSSR count). The van der Waals surface area contributed by atoms with E-state index in [1.165, 1.54) is 17.1 Å². The molecule has 47 heavy (non-hydrogen) atoms. The van der Waals surface area contributed by atoms with E-state index in [-0.39, 0.29) is 24.0 Å². The van der Waals surface area contributed by atoms with Gasteiger partial charge in [0.05, 0.1) is 12.0 Å². The number of benzene rings is 2. The number of carbonyl (C=O) groups is 4. The number of fused-ring (bicyclic) bond motifs is 4. The second-order valence-corrected chi connectivity index (χ2v) is 12.8. The maximum atomic E-state index is 14.0. The number of methoxy groups -OCH3 is 1. The summed E-state index contributed by atoms with van der Waals surface area (Å²) in [5.41, 5.74) is 5.44. The van der Waals surface area contributed by atoms with E-state index >= 15 is 0 Å². The second kappa shape index (κ2) is 16.6. The van der Waals surface area contributed by atoms with E-state index in [0.717, 1.165) is 11.1 Å². The summed E-state index contributed by atoms with van der Waals surface area (Å²) in [7, 11) is 1.57. The smallest absolute Gasteiger partial charge is 0.325 e. The molecule has 11 heteroatoms. The van der Waals surface area contributed by atoms with Crippen molar-refractivity contribution in [3.63, 3.8) is 0 Å². The SMILES string of the molecule is CO[C@@H]1CCC=Cc2cccc(c2)[C@@H](C)OC(=O)[C@@H]2CCCN(N2)C(=O)[C@H](Cc2cccc(O)c2)NC(=O)[C@H](C(C)C)NC(=O)[C@@H]1C. The van der Waals surface area contributed by atoms with Gasteiger partial charge in [-0.2, -0.15) is 0 Å². The molecule has 0 saturated carbocycles. The lowest BCUT2D eigenvalue weighted by Crippen LogP contribution is -2.62. The summed E-state index contributed by atoms with van der Waals surface area (Å²) in [4.78, 5) is 54.5. The van der Waals surface area contributed by atoms with Gasteiger partial charge in [0.25, 0.3) is 5.91 Å². The van der Waals surface area contributed by atoms with Gasteiger partial charge in [0.1, 0.15) is 30.0 Å². The molecule has 0 aliphatic carbocycles. The highest BCUT2D eigenvalue weighted by molar-refractivity contribution is 5.93. The maximum absolute atomic E-state index is 14.0. The standard InChI is InChI=1S/C36H48N4O7/c1-22(2)32-34(43)37-30(21-26-13-9-15-28(41)20-26)35(44)40-18-10-16-29(39-40)36(45)47-24(4)27-14-8-12-25(19-27)11-6-7-17-31(46-5)23(3)33(42)38-32/h6,8-9,11-15,19-20,22-24,29-32,39,41H,7,10,16-18,21H2,1-5H3,(H,37,43)(H,38,42)/t23-,24-,29+,30+,31-,32+/m1/s1. The Labute approximate surface area is 277 Å². The molecule has 2 heterocycles. The van der Waals surface area contributed by atoms with Crippen LogP contribution in [0.5, 0.6) is 5.75 Å². The van der Waals surface area contributed by atoms with E-state index in [0.29, 0.717) is 37.8 Å². The van der Waals surface area contributed by atoms with Crippen LogP contribution in [0.25, 0.3) is 6.08 Å². The predicted molar refractivity (Wildman–Crippen MR) is 178 cm³/mol. The van der Waals surface area contributed by atoms with Crippen molar-refractivity contribution in [3.05, 3.63) is 71.3 Å². The average Bonchev–Trinajstić information content (AvgIpc) is 3.05. The Morgan fingerprint density at radius 1 is 1.00 bits per heavy atom. The molecule has 0 unspecified atom stereocenters. The predicted octanol–water partition coefficient (Wildman–Crippen LogP) is 3.82. The van der Waals surface area contributed by atoms with Crippen LogP contribution in [0.15, 0.2) is 54.6 Å². The van der Waals surface area contributed by atoms with E-state index < -0.39 is 54.0 Å². The fraction of sp³-hybridized carbons (Fsp3) is 0.500. The monoisotopic (exact) mass is 648 g/mol. The van der Waals surface area contributed by atoms with Crippen molar-refractivity contribution in [2.24, 2.45) is 11.8 Å². The van der Waals surface area contributed by atoms with E-state index in [4.69, 9.17) is 9.47 Å². The van der Waals surface area contributed by atoms with Crippen molar-refractivity contribution in [1.29, 1.82) is 0 Å². The molecular weight excluding hydrogens is 600 g/mol. The van der Waals surface area contributed by atoms with Crippen LogP contribution < -0.4 is 16.1 Å². The van der Waals surface area contributed by atoms with Gasteiger partial charge < -0.3 is 25.2 Å². The highest BCUT2D eigenvalue weighted by Crippen LogP contribution is 2.23. The number of rotatable bonds is 4. The number of aromatic hydroxyl groups is 1. The van der Waals surface area contributed by atoms with Crippen molar-refractivity contribution in [2.75, 3.05) is 13.7 Å². The second-order valence-electron chi connectivity index (χ2n) is 12.8. The molecule has 254 valence electrons. The molecule has 0 spiro atoms. The summed E-state index contributed by atoms with van der Waals surface area (Å²) in [6, 6.07) is 11.5. The lowest BCUT2D eigenvalue weighted by atomic mass is 9.96. The molecule has 1 fully saturated rings. The number of carbonyl (C=O) groups excluding carboxylic acids is 4. The molecule has 4 bridgehead atoms. The van der Waals surface area contributed by atoms with Crippen LogP contribution in [0.4, 0.5) is 0 Å². The molecule has 3 amide bonds. The molecule has 0 radical (unpaired) electrons. The van der Waals surface area contributed by atoms with E-state index in [1.807, 2.05) is 57.2 Å². The van der Waals surface area contributed by atoms with Gasteiger partial charge in [-0.1, -0.05) is 63.3 Å². The number of hydrazine groups is 1. The topological polar surface area (TPSA) is 146 Å². The first kappa shape index (κ1) is 35.6. The lowest BCUT2D eigenvalue weighted by Gasteiger charge is -2.36. The number of phenols is 1. The van der Waals surface area contributed by atoms with Crippen molar-refractivity contribution in [3.8, 4) is 5.75 Å². The Hall–Kier alpha value is -4.22. The van der Waals surface area contributed by atoms with Crippen LogP contribution in [0, 0.1) is 11.8 Å². The zero-order valence-electron chi connectivity index (χ0n) is 27.9. The van der Waals surface area contributed by atoms with Crippen LogP contribution in [-0.2, 0) is 35.1 Å². The number of amides is 3. The number of ether oxygens (including phenoxy) is 2. The number of phenolic OH excluding ortho intramolecular Hbond substituents is 1. The average molecular weight is 649 g/mol. The molecule has 2 aliphatic rings. The molecule has 11 nitrogen and oxygen atoms in total. The molecule has 2 aromatic carbocycles. The van der Waals surface area contributed by atoms with Crippen LogP contribution >= 0.6 is 0 Å². The highest BCUT2D eigenvalue weighted by atomic mass is 16.5. The van der Waals surface area contributed by atoms with Gasteiger partial charge in [-0.3, -0.25) is 24.2 Å². The normalized spacial score (nSPS) is 26.9. The maximum Gasteiger partial charge on any atom is 0.325 e. The minimum absolute atomic E-state index is 0.0303. The number of cyclic esters (lactones) is 1. The zero-order chi connectivity index (χ0) is 34.1. The molecule has 6 atom stereocenters. The summed E-state index contributed by atoms with van der Waals surface area (Å²) in [6.45, 7) is 7.55. The third-order valence-corrected chi connectivity index (χ3v) is 8.82. The van der Waals surface area contributed by atoms with Gasteiger partial charge >= 0.3 is 5.97 Å². The fourth-order valence-corrected chi connectivity index (χ4v) is 5.96. The molecule has 4 N–H and O–H groups in total. The van der Waals surface area contributed by atoms with Gasteiger partial charge in [-0.25, -0.2) is 5.43 Å². The van der Waals surface area contributed by atoms with E-state index in [2.05, 4.69) is 16.1 Å². The summed E-state index contributed by atoms with van der Waals surface area (Å²) in [5, 5.41) is 17.2. The Bertz CT molecular complexity index is 1440. The number of hydrogen-bond donors (Lipinski definition) is 4. The summed E-state index contributed by atoms with van der Waals surface area (Å²) < 4.78 is 11.5. The Morgan fingerprint density at radius 2 is 1.77 bits per heavy atom. The summed E-state index contributed by atoms with van der Waals surface area (Å²) >= 11 is 0. The van der Waals surface area contributed by atoms with Crippen molar-refractivity contribution >= 4 is 29.8 Å². The van der Waals surface area contributed by atoms with Crippen LogP contribution in [0.3, 0.4) is 0 Å². The molecule has 0 aromatic heterocycles. The lowest BCUT2D eigenvalue weighted by molar-refractivity contribution is -0.157. The van der Waals surface area contributed by atoms with Crippen molar-refractivity contribution in [2.45, 2.75) is 90.1 Å². The Morgan fingerprint density at radius 3 is 2.49 bits per heavy atom. The molecule has 1 saturated heterocycles. The summed E-state index contributed by atoms with van der Waals surface area (Å²) in [6.07, 6.45) is 5.43. The molecule has 2 aliphatic heterocycles. The van der Waals surface area contributed by atoms with Gasteiger partial charge in [0.15, 0.2) is 0 Å². The zero-order valence-corrected chi connectivity index (χ0v) is 27.9. The van der Waals surface area contributed by atoms with Gasteiger partial charge in [0, 0.05) is 20.1 Å². The third kappa shape index (κ3) is 9.65. The number of allylic oxidation sites excluding steroid dienone is 1. The number of hydrogen-bond acceptors (Lipinski definition) is 8.